The van der Waals surface area contributed by atoms with E-state index >= 15 is 0 Å². The maximum Gasteiger partial charge on any atom is 0.252 e. The Morgan fingerprint density at radius 3 is 2.77 bits per heavy atom. The van der Waals surface area contributed by atoms with Crippen molar-refractivity contribution >= 4 is 33.2 Å². The molecule has 1 aliphatic rings. The molecule has 6 nitrogen and oxygen atoms in total. The topological polar surface area (TPSA) is 75.7 Å². The maximum atomic E-state index is 12.1. The van der Waals surface area contributed by atoms with Crippen molar-refractivity contribution in [3.63, 3.8) is 0 Å². The third-order valence-corrected chi connectivity index (χ3v) is 5.09. The first-order valence-electron chi connectivity index (χ1n) is 6.92. The lowest BCUT2D eigenvalue weighted by molar-refractivity contribution is 0.0858. The number of nitrogens with zero attached hydrogens (tertiary/aromatic N) is 1. The molecular formula is C14H19ClN2O4S. The Kier molecular flexibility index (Phi) is 5.31. The van der Waals surface area contributed by atoms with Crippen molar-refractivity contribution in [1.29, 1.82) is 0 Å². The van der Waals surface area contributed by atoms with Crippen molar-refractivity contribution in [3.8, 4) is 0 Å². The lowest BCUT2D eigenvalue weighted by Gasteiger charge is -2.18. The van der Waals surface area contributed by atoms with E-state index in [2.05, 4.69) is 5.32 Å². The molecule has 22 heavy (non-hydrogen) atoms. The van der Waals surface area contributed by atoms with Gasteiger partial charge in [0.25, 0.3) is 5.91 Å². The number of hydrogen-bond acceptors (Lipinski definition) is 4. The highest BCUT2D eigenvalue weighted by atomic mass is 35.5. The van der Waals surface area contributed by atoms with E-state index in [-0.39, 0.29) is 17.0 Å². The first kappa shape index (κ1) is 17.1. The Bertz CT molecular complexity index is 657. The molecule has 0 bridgehead atoms. The Balaban J connectivity index is 2.07. The van der Waals surface area contributed by atoms with Gasteiger partial charge in [-0.3, -0.25) is 9.10 Å². The van der Waals surface area contributed by atoms with Crippen molar-refractivity contribution in [3.05, 3.63) is 28.8 Å². The highest BCUT2D eigenvalue weighted by Gasteiger charge is 2.19. The van der Waals surface area contributed by atoms with Crippen molar-refractivity contribution in [2.24, 2.45) is 0 Å². The summed E-state index contributed by atoms with van der Waals surface area (Å²) in [6.45, 7) is 1.17. The summed E-state index contributed by atoms with van der Waals surface area (Å²) in [5.74, 6) is -0.297. The molecule has 1 atom stereocenters. The fourth-order valence-corrected chi connectivity index (χ4v) is 2.94. The highest BCUT2D eigenvalue weighted by molar-refractivity contribution is 7.92. The second-order valence-corrected chi connectivity index (χ2v) is 7.66. The Labute approximate surface area is 135 Å². The minimum atomic E-state index is -3.37. The molecule has 0 aromatic heterocycles. The quantitative estimate of drug-likeness (QED) is 0.879. The minimum Gasteiger partial charge on any atom is -0.376 e. The zero-order valence-electron chi connectivity index (χ0n) is 12.5. The number of ether oxygens (including phenoxy) is 1. The molecule has 2 rings (SSSR count). The van der Waals surface area contributed by atoms with Crippen LogP contribution in [0.3, 0.4) is 0 Å². The van der Waals surface area contributed by atoms with E-state index in [0.717, 1.165) is 30.0 Å². The molecule has 0 saturated carbocycles. The summed E-state index contributed by atoms with van der Waals surface area (Å²) in [5, 5.41) is 2.99. The van der Waals surface area contributed by atoms with E-state index in [1.165, 1.54) is 19.2 Å². The van der Waals surface area contributed by atoms with Crippen LogP contribution >= 0.6 is 11.6 Å². The predicted octanol–water partition coefficient (Wildman–Crippen LogP) is 1.64. The number of anilines is 1. The monoisotopic (exact) mass is 346 g/mol. The molecule has 1 saturated heterocycles. The van der Waals surface area contributed by atoms with Gasteiger partial charge in [-0.1, -0.05) is 11.6 Å². The zero-order valence-corrected chi connectivity index (χ0v) is 14.1. The first-order chi connectivity index (χ1) is 10.3. The van der Waals surface area contributed by atoms with Crippen molar-refractivity contribution in [2.45, 2.75) is 18.9 Å². The van der Waals surface area contributed by atoms with Crippen LogP contribution in [-0.4, -0.2) is 46.9 Å². The van der Waals surface area contributed by atoms with Crippen LogP contribution in [0.25, 0.3) is 0 Å². The number of benzene rings is 1. The normalized spacial score (nSPS) is 18.2. The maximum absolute atomic E-state index is 12.1. The standard InChI is InChI=1S/C14H19ClN2O4S/c1-17(22(2,19)20)10-5-6-12(13(15)8-10)14(18)16-9-11-4-3-7-21-11/h5-6,8,11H,3-4,7,9H2,1-2H3,(H,16,18)/t11-/m0/s1. The Morgan fingerprint density at radius 2 is 2.23 bits per heavy atom. The summed E-state index contributed by atoms with van der Waals surface area (Å²) in [6.07, 6.45) is 3.10. The Hall–Kier alpha value is -1.31. The lowest BCUT2D eigenvalue weighted by Crippen LogP contribution is -2.32. The number of halogens is 1. The Morgan fingerprint density at radius 1 is 1.50 bits per heavy atom. The van der Waals surface area contributed by atoms with Crippen molar-refractivity contribution in [2.75, 3.05) is 30.8 Å². The van der Waals surface area contributed by atoms with Crippen LogP contribution in [0.1, 0.15) is 23.2 Å². The highest BCUT2D eigenvalue weighted by Crippen LogP contribution is 2.24. The third-order valence-electron chi connectivity index (χ3n) is 3.57. The SMILES string of the molecule is CN(c1ccc(C(=O)NC[C@@H]2CCCO2)c(Cl)c1)S(C)(=O)=O. The van der Waals surface area contributed by atoms with Gasteiger partial charge in [-0.25, -0.2) is 8.42 Å². The van der Waals surface area contributed by atoms with Crippen molar-refractivity contribution < 1.29 is 17.9 Å². The van der Waals surface area contributed by atoms with Gasteiger partial charge in [0.1, 0.15) is 0 Å². The van der Waals surface area contributed by atoms with Gasteiger partial charge in [0, 0.05) is 20.2 Å². The van der Waals surface area contributed by atoms with Gasteiger partial charge in [0.05, 0.1) is 28.6 Å². The van der Waals surface area contributed by atoms with Gasteiger partial charge in [-0.05, 0) is 31.0 Å². The number of sulfonamides is 1. The molecule has 8 heteroatoms. The third kappa shape index (κ3) is 4.12. The molecule has 0 radical (unpaired) electrons. The van der Waals surface area contributed by atoms with Crippen LogP contribution in [0, 0.1) is 0 Å². The molecule has 122 valence electrons. The van der Waals surface area contributed by atoms with E-state index in [4.69, 9.17) is 16.3 Å². The fraction of sp³-hybridized carbons (Fsp3) is 0.500. The number of nitrogens with one attached hydrogen (secondary N) is 1. The van der Waals surface area contributed by atoms with Gasteiger partial charge in [0.2, 0.25) is 10.0 Å². The predicted molar refractivity (Wildman–Crippen MR) is 86.0 cm³/mol. The first-order valence-corrected chi connectivity index (χ1v) is 9.15. The summed E-state index contributed by atoms with van der Waals surface area (Å²) in [7, 11) is -1.94. The molecule has 1 aliphatic heterocycles. The van der Waals surface area contributed by atoms with Crippen LogP contribution in [0.5, 0.6) is 0 Å². The van der Waals surface area contributed by atoms with Gasteiger partial charge in [-0.2, -0.15) is 0 Å². The molecule has 1 aromatic rings. The molecule has 1 fully saturated rings. The molecule has 0 spiro atoms. The van der Waals surface area contributed by atoms with Crippen LogP contribution in [-0.2, 0) is 14.8 Å². The number of hydrogen-bond donors (Lipinski definition) is 1. The smallest absolute Gasteiger partial charge is 0.252 e. The number of rotatable bonds is 5. The summed E-state index contributed by atoms with van der Waals surface area (Å²) in [6, 6.07) is 4.53. The number of amides is 1. The average molecular weight is 347 g/mol. The van der Waals surface area contributed by atoms with Crippen LogP contribution < -0.4 is 9.62 Å². The molecular weight excluding hydrogens is 328 g/mol. The minimum absolute atomic E-state index is 0.0540. The molecule has 1 amide bonds. The molecule has 1 aromatic carbocycles. The summed E-state index contributed by atoms with van der Waals surface area (Å²) in [5.41, 5.74) is 0.716. The van der Waals surface area contributed by atoms with E-state index < -0.39 is 10.0 Å². The molecule has 1 heterocycles. The van der Waals surface area contributed by atoms with Gasteiger partial charge in [0.15, 0.2) is 0 Å². The second-order valence-electron chi connectivity index (χ2n) is 5.24. The summed E-state index contributed by atoms with van der Waals surface area (Å²) < 4.78 is 29.5. The van der Waals surface area contributed by atoms with Gasteiger partial charge >= 0.3 is 0 Å². The van der Waals surface area contributed by atoms with Crippen LogP contribution in [0.2, 0.25) is 5.02 Å². The number of carbonyl (C=O) groups excluding carboxylic acids is 1. The van der Waals surface area contributed by atoms with E-state index in [1.54, 1.807) is 6.07 Å². The van der Waals surface area contributed by atoms with Crippen molar-refractivity contribution in [1.82, 2.24) is 5.32 Å². The zero-order chi connectivity index (χ0) is 16.3. The lowest BCUT2D eigenvalue weighted by atomic mass is 10.2. The summed E-state index contributed by atoms with van der Waals surface area (Å²) in [4.78, 5) is 12.1. The van der Waals surface area contributed by atoms with Gasteiger partial charge in [-0.15, -0.1) is 0 Å². The van der Waals surface area contributed by atoms with Gasteiger partial charge < -0.3 is 10.1 Å². The van der Waals surface area contributed by atoms with E-state index in [0.29, 0.717) is 17.8 Å². The fourth-order valence-electron chi connectivity index (χ4n) is 2.18. The largest absolute Gasteiger partial charge is 0.376 e. The number of carbonyl (C=O) groups is 1. The van der Waals surface area contributed by atoms with E-state index in [1.807, 2.05) is 0 Å². The van der Waals surface area contributed by atoms with E-state index in [9.17, 15) is 13.2 Å². The van der Waals surface area contributed by atoms with Crippen LogP contribution in [0.15, 0.2) is 18.2 Å². The van der Waals surface area contributed by atoms with Crippen LogP contribution in [0.4, 0.5) is 5.69 Å². The molecule has 1 N–H and O–H groups in total. The second kappa shape index (κ2) is 6.85. The summed E-state index contributed by atoms with van der Waals surface area (Å²) >= 11 is 6.10. The average Bonchev–Trinajstić information content (AvgIpc) is 2.96. The molecule has 0 aliphatic carbocycles. The molecule has 0 unspecified atom stereocenters.